The summed E-state index contributed by atoms with van der Waals surface area (Å²) in [5.41, 5.74) is 12.0. The second-order valence-electron chi connectivity index (χ2n) is 4.43. The van der Waals surface area contributed by atoms with Gasteiger partial charge in [0.05, 0.1) is 19.7 Å². The first kappa shape index (κ1) is 11.4. The minimum absolute atomic E-state index is 0.0284. The molecule has 0 aliphatic rings. The summed E-state index contributed by atoms with van der Waals surface area (Å²) in [5.74, 6) is 1.15. The summed E-state index contributed by atoms with van der Waals surface area (Å²) in [6.07, 6.45) is 0.492. The van der Waals surface area contributed by atoms with Crippen molar-refractivity contribution in [2.45, 2.75) is 6.42 Å². The van der Waals surface area contributed by atoms with Crippen molar-refractivity contribution >= 4 is 22.7 Å². The van der Waals surface area contributed by atoms with Crippen molar-refractivity contribution in [3.63, 3.8) is 0 Å². The van der Waals surface area contributed by atoms with Crippen LogP contribution in [-0.2, 0) is 0 Å². The lowest BCUT2D eigenvalue weighted by atomic mass is 10.2. The summed E-state index contributed by atoms with van der Waals surface area (Å²) < 4.78 is 33.5. The summed E-state index contributed by atoms with van der Waals surface area (Å²) in [7, 11) is 3.02. The van der Waals surface area contributed by atoms with Crippen LogP contribution in [0.5, 0.6) is 11.5 Å². The number of fused-ring (bicyclic) bond motifs is 1. The van der Waals surface area contributed by atoms with Crippen LogP contribution in [0.15, 0.2) is 12.1 Å². The topological polar surface area (TPSA) is 99.5 Å². The predicted octanol–water partition coefficient (Wildman–Crippen LogP) is 1.01. The van der Waals surface area contributed by atoms with E-state index in [1.165, 1.54) is 14.2 Å². The fourth-order valence-corrected chi connectivity index (χ4v) is 1.94. The molecule has 0 fully saturated rings. The van der Waals surface area contributed by atoms with Gasteiger partial charge in [-0.3, -0.25) is 0 Å². The number of ether oxygens (including phenoxy) is 2. The Bertz CT molecular complexity index is 724. The van der Waals surface area contributed by atoms with Crippen LogP contribution in [0.4, 0.5) is 11.8 Å². The van der Waals surface area contributed by atoms with Gasteiger partial charge in [0.2, 0.25) is 5.95 Å². The Hall–Kier alpha value is -2.28. The largest absolute Gasteiger partial charge is 0.493 e. The number of nitrogen functional groups attached to an aromatic ring is 1. The maximum Gasteiger partial charge on any atom is 0.227 e. The lowest BCUT2D eigenvalue weighted by Crippen LogP contribution is -2.23. The van der Waals surface area contributed by atoms with Crippen molar-refractivity contribution < 1.29 is 13.6 Å². The molecule has 2 rings (SSSR count). The Morgan fingerprint density at radius 2 is 1.95 bits per heavy atom. The number of benzene rings is 1. The highest BCUT2D eigenvalue weighted by Gasteiger charge is 2.13. The maximum absolute atomic E-state index is 7.68. The Kier molecular flexibility index (Phi) is 3.50. The lowest BCUT2D eigenvalue weighted by Gasteiger charge is -2.18. The molecular formula is C14H21N5O2. The number of methoxy groups -OCH3 is 2. The number of anilines is 2. The molecule has 0 unspecified atom stereocenters. The van der Waals surface area contributed by atoms with Gasteiger partial charge in [-0.25, -0.2) is 4.98 Å². The molecule has 2 aromatic rings. The van der Waals surface area contributed by atoms with Crippen molar-refractivity contribution in [1.29, 1.82) is 0 Å². The average molecular weight is 294 g/mol. The van der Waals surface area contributed by atoms with Crippen molar-refractivity contribution in [2.24, 2.45) is 5.73 Å². The van der Waals surface area contributed by atoms with Gasteiger partial charge < -0.3 is 25.8 Å². The molecule has 0 radical (unpaired) electrons. The van der Waals surface area contributed by atoms with Crippen LogP contribution in [0.3, 0.4) is 0 Å². The minimum Gasteiger partial charge on any atom is -0.493 e. The average Bonchev–Trinajstić information content (AvgIpc) is 2.52. The van der Waals surface area contributed by atoms with Crippen LogP contribution in [-0.4, -0.2) is 44.3 Å². The van der Waals surface area contributed by atoms with Crippen molar-refractivity contribution in [3.05, 3.63) is 12.1 Å². The zero-order valence-electron chi connectivity index (χ0n) is 15.1. The Balaban J connectivity index is 2.59. The Morgan fingerprint density at radius 1 is 1.24 bits per heavy atom. The molecule has 0 aliphatic heterocycles. The molecule has 0 aliphatic carbocycles. The molecule has 1 heterocycles. The van der Waals surface area contributed by atoms with E-state index in [9.17, 15) is 0 Å². The van der Waals surface area contributed by atoms with E-state index in [-0.39, 0.29) is 18.3 Å². The van der Waals surface area contributed by atoms with E-state index < -0.39 is 6.98 Å². The van der Waals surface area contributed by atoms with Gasteiger partial charge in [-0.05, 0) is 19.0 Å². The van der Waals surface area contributed by atoms with Gasteiger partial charge in [0, 0.05) is 29.1 Å². The zero-order chi connectivity index (χ0) is 17.9. The molecule has 7 heteroatoms. The van der Waals surface area contributed by atoms with Crippen LogP contribution in [0.25, 0.3) is 10.9 Å². The predicted molar refractivity (Wildman–Crippen MR) is 84.0 cm³/mol. The number of nitrogens with two attached hydrogens (primary N) is 2. The number of aromatic nitrogens is 2. The highest BCUT2D eigenvalue weighted by atomic mass is 16.5. The number of rotatable bonds is 6. The normalized spacial score (nSPS) is 13.4. The van der Waals surface area contributed by atoms with Crippen LogP contribution in [0, 0.1) is 0 Å². The SMILES string of the molecule is [2H]C([2H])([2H])N(CCCN)c1nc(N)c2cc(OC)c(OC)cc2n1. The molecular weight excluding hydrogens is 270 g/mol. The number of nitrogens with zero attached hydrogens (tertiary/aromatic N) is 3. The fraction of sp³-hybridized carbons (Fsp3) is 0.429. The maximum atomic E-state index is 7.68. The van der Waals surface area contributed by atoms with Crippen molar-refractivity contribution in [2.75, 3.05) is 44.9 Å². The van der Waals surface area contributed by atoms with Crippen LogP contribution < -0.4 is 25.8 Å². The molecule has 0 bridgehead atoms. The van der Waals surface area contributed by atoms with Gasteiger partial charge >= 0.3 is 0 Å². The lowest BCUT2D eigenvalue weighted by molar-refractivity contribution is 0.356. The molecule has 0 saturated heterocycles. The van der Waals surface area contributed by atoms with E-state index in [4.69, 9.17) is 25.1 Å². The standard InChI is InChI=1S/C14H21N5O2/c1-19(6-4-5-15)14-17-10-8-12(21-3)11(20-2)7-9(10)13(16)18-14/h7-8H,4-6,15H2,1-3H3,(H2,16,17,18)/i1D3. The van der Waals surface area contributed by atoms with E-state index in [0.717, 1.165) is 4.90 Å². The quantitative estimate of drug-likeness (QED) is 0.820. The Morgan fingerprint density at radius 3 is 2.57 bits per heavy atom. The molecule has 1 aromatic carbocycles. The van der Waals surface area contributed by atoms with Gasteiger partial charge in [-0.15, -0.1) is 0 Å². The first-order valence-electron chi connectivity index (χ1n) is 7.98. The van der Waals surface area contributed by atoms with Crippen molar-refractivity contribution in [3.8, 4) is 11.5 Å². The summed E-state index contributed by atoms with van der Waals surface area (Å²) in [6, 6.07) is 3.29. The van der Waals surface area contributed by atoms with Gasteiger partial charge in [-0.2, -0.15) is 4.98 Å². The fourth-order valence-electron chi connectivity index (χ4n) is 1.94. The monoisotopic (exact) mass is 294 g/mol. The summed E-state index contributed by atoms with van der Waals surface area (Å²) >= 11 is 0. The first-order chi connectivity index (χ1) is 11.3. The van der Waals surface area contributed by atoms with Crippen LogP contribution >= 0.6 is 0 Å². The van der Waals surface area contributed by atoms with Crippen LogP contribution in [0.1, 0.15) is 10.5 Å². The second-order valence-corrected chi connectivity index (χ2v) is 4.43. The minimum atomic E-state index is -2.40. The summed E-state index contributed by atoms with van der Waals surface area (Å²) in [6.45, 7) is -1.84. The molecule has 0 amide bonds. The van der Waals surface area contributed by atoms with Crippen molar-refractivity contribution in [1.82, 2.24) is 9.97 Å². The summed E-state index contributed by atoms with van der Waals surface area (Å²) in [5, 5.41) is 0.556. The third kappa shape index (κ3) is 3.08. The smallest absolute Gasteiger partial charge is 0.227 e. The van der Waals surface area contributed by atoms with E-state index in [0.29, 0.717) is 35.4 Å². The third-order valence-electron chi connectivity index (χ3n) is 3.05. The summed E-state index contributed by atoms with van der Waals surface area (Å²) in [4.78, 5) is 9.60. The zero-order valence-corrected chi connectivity index (χ0v) is 12.1. The van der Waals surface area contributed by atoms with Gasteiger partial charge in [0.15, 0.2) is 11.5 Å². The van der Waals surface area contributed by atoms with E-state index in [1.807, 2.05) is 0 Å². The number of hydrogen-bond donors (Lipinski definition) is 2. The first-order valence-corrected chi connectivity index (χ1v) is 6.48. The van der Waals surface area contributed by atoms with E-state index in [1.54, 1.807) is 12.1 Å². The molecule has 114 valence electrons. The number of hydrogen-bond acceptors (Lipinski definition) is 7. The molecule has 21 heavy (non-hydrogen) atoms. The van der Waals surface area contributed by atoms with E-state index in [2.05, 4.69) is 9.97 Å². The van der Waals surface area contributed by atoms with E-state index >= 15 is 0 Å². The molecule has 0 atom stereocenters. The molecule has 4 N–H and O–H groups in total. The highest BCUT2D eigenvalue weighted by Crippen LogP contribution is 2.33. The molecule has 1 aromatic heterocycles. The van der Waals surface area contributed by atoms with Gasteiger partial charge in [0.25, 0.3) is 0 Å². The highest BCUT2D eigenvalue weighted by molar-refractivity contribution is 5.91. The third-order valence-corrected chi connectivity index (χ3v) is 3.05. The molecule has 0 saturated carbocycles. The van der Waals surface area contributed by atoms with Crippen LogP contribution in [0.2, 0.25) is 0 Å². The Labute approximate surface area is 128 Å². The second kappa shape index (κ2) is 6.45. The molecule has 0 spiro atoms. The van der Waals surface area contributed by atoms with Gasteiger partial charge in [-0.1, -0.05) is 0 Å². The van der Waals surface area contributed by atoms with Gasteiger partial charge in [0.1, 0.15) is 5.82 Å². The molecule has 7 nitrogen and oxygen atoms in total.